The van der Waals surface area contributed by atoms with Crippen LogP contribution in [0.1, 0.15) is 50.7 Å². The molecule has 0 aliphatic carbocycles. The van der Waals surface area contributed by atoms with Gasteiger partial charge in [-0.3, -0.25) is 14.3 Å². The standard InChI is InChI=1S/C14H23N3O3/c1-9(2)16(8-12(18)19)13(20)11-7-15-17(10(11)3)14(4,5)6/h7,9H,8H2,1-6H3,(H,18,19). The summed E-state index contributed by atoms with van der Waals surface area (Å²) in [5.74, 6) is -1.32. The maximum atomic E-state index is 12.5. The number of amides is 1. The highest BCUT2D eigenvalue weighted by atomic mass is 16.4. The summed E-state index contributed by atoms with van der Waals surface area (Å²) in [6, 6.07) is -0.184. The van der Waals surface area contributed by atoms with Gasteiger partial charge in [-0.25, -0.2) is 0 Å². The maximum absolute atomic E-state index is 12.5. The second kappa shape index (κ2) is 5.64. The Kier molecular flexibility index (Phi) is 4.57. The van der Waals surface area contributed by atoms with Crippen molar-refractivity contribution in [3.63, 3.8) is 0 Å². The van der Waals surface area contributed by atoms with Crippen molar-refractivity contribution in [2.75, 3.05) is 6.54 Å². The van der Waals surface area contributed by atoms with E-state index in [4.69, 9.17) is 5.11 Å². The van der Waals surface area contributed by atoms with Gasteiger partial charge >= 0.3 is 5.97 Å². The molecule has 0 aromatic carbocycles. The van der Waals surface area contributed by atoms with Crippen LogP contribution in [-0.2, 0) is 10.3 Å². The first-order valence-electron chi connectivity index (χ1n) is 6.63. The second-order valence-electron chi connectivity index (χ2n) is 6.15. The van der Waals surface area contributed by atoms with Crippen molar-refractivity contribution in [1.29, 1.82) is 0 Å². The Bertz CT molecular complexity index is 512. The normalized spacial score (nSPS) is 11.8. The van der Waals surface area contributed by atoms with Crippen LogP contribution < -0.4 is 0 Å². The fourth-order valence-corrected chi connectivity index (χ4v) is 2.09. The number of aromatic nitrogens is 2. The van der Waals surface area contributed by atoms with Crippen molar-refractivity contribution < 1.29 is 14.7 Å². The highest BCUT2D eigenvalue weighted by molar-refractivity contribution is 5.96. The molecule has 0 bridgehead atoms. The van der Waals surface area contributed by atoms with Crippen LogP contribution in [0.5, 0.6) is 0 Å². The molecule has 1 aromatic heterocycles. The van der Waals surface area contributed by atoms with Gasteiger partial charge in [0.25, 0.3) is 5.91 Å². The highest BCUT2D eigenvalue weighted by Crippen LogP contribution is 2.20. The number of carbonyl (C=O) groups is 2. The van der Waals surface area contributed by atoms with Gasteiger partial charge in [0.2, 0.25) is 0 Å². The lowest BCUT2D eigenvalue weighted by Crippen LogP contribution is -2.41. The molecule has 20 heavy (non-hydrogen) atoms. The summed E-state index contributed by atoms with van der Waals surface area (Å²) in [5, 5.41) is 13.2. The third-order valence-electron chi connectivity index (χ3n) is 3.07. The molecule has 1 amide bonds. The van der Waals surface area contributed by atoms with Gasteiger partial charge in [0.1, 0.15) is 6.54 Å². The zero-order valence-corrected chi connectivity index (χ0v) is 13.0. The monoisotopic (exact) mass is 281 g/mol. The molecule has 6 heteroatoms. The van der Waals surface area contributed by atoms with Crippen LogP contribution in [-0.4, -0.2) is 44.3 Å². The summed E-state index contributed by atoms with van der Waals surface area (Å²) in [7, 11) is 0. The molecule has 0 aliphatic rings. The average Bonchev–Trinajstić information content (AvgIpc) is 2.66. The van der Waals surface area contributed by atoms with E-state index in [1.165, 1.54) is 11.1 Å². The average molecular weight is 281 g/mol. The minimum atomic E-state index is -1.02. The lowest BCUT2D eigenvalue weighted by atomic mass is 10.1. The van der Waals surface area contributed by atoms with E-state index in [-0.39, 0.29) is 24.0 Å². The number of rotatable bonds is 4. The Morgan fingerprint density at radius 2 is 1.95 bits per heavy atom. The number of aliphatic carboxylic acids is 1. The Labute approximate surface area is 119 Å². The van der Waals surface area contributed by atoms with Crippen molar-refractivity contribution in [3.05, 3.63) is 17.5 Å². The number of nitrogens with zero attached hydrogens (tertiary/aromatic N) is 3. The summed E-state index contributed by atoms with van der Waals surface area (Å²) in [6.07, 6.45) is 1.51. The molecule has 1 heterocycles. The van der Waals surface area contributed by atoms with E-state index < -0.39 is 5.97 Å². The van der Waals surface area contributed by atoms with Gasteiger partial charge in [-0.05, 0) is 41.5 Å². The van der Waals surface area contributed by atoms with Crippen molar-refractivity contribution in [1.82, 2.24) is 14.7 Å². The molecular formula is C14H23N3O3. The smallest absolute Gasteiger partial charge is 0.323 e. The quantitative estimate of drug-likeness (QED) is 0.914. The van der Waals surface area contributed by atoms with Crippen LogP contribution in [0.2, 0.25) is 0 Å². The molecule has 0 aliphatic heterocycles. The van der Waals surface area contributed by atoms with Crippen LogP contribution in [0.3, 0.4) is 0 Å². The minimum Gasteiger partial charge on any atom is -0.480 e. The molecule has 0 unspecified atom stereocenters. The molecule has 0 atom stereocenters. The highest BCUT2D eigenvalue weighted by Gasteiger charge is 2.27. The predicted octanol–water partition coefficient (Wildman–Crippen LogP) is 1.88. The molecule has 0 radical (unpaired) electrons. The first-order chi connectivity index (χ1) is 9.05. The van der Waals surface area contributed by atoms with Gasteiger partial charge in [-0.15, -0.1) is 0 Å². The fraction of sp³-hybridized carbons (Fsp3) is 0.643. The Balaban J connectivity index is 3.14. The van der Waals surface area contributed by atoms with Crippen LogP contribution in [0.15, 0.2) is 6.20 Å². The van der Waals surface area contributed by atoms with E-state index in [2.05, 4.69) is 5.10 Å². The Hall–Kier alpha value is -1.85. The molecule has 112 valence electrons. The van der Waals surface area contributed by atoms with E-state index in [9.17, 15) is 9.59 Å². The van der Waals surface area contributed by atoms with Gasteiger partial charge in [0.15, 0.2) is 0 Å². The van der Waals surface area contributed by atoms with E-state index >= 15 is 0 Å². The van der Waals surface area contributed by atoms with Crippen molar-refractivity contribution in [2.24, 2.45) is 0 Å². The fourth-order valence-electron chi connectivity index (χ4n) is 2.09. The topological polar surface area (TPSA) is 75.4 Å². The summed E-state index contributed by atoms with van der Waals surface area (Å²) in [4.78, 5) is 24.7. The molecule has 0 fully saturated rings. The van der Waals surface area contributed by atoms with Crippen molar-refractivity contribution in [2.45, 2.75) is 53.1 Å². The summed E-state index contributed by atoms with van der Waals surface area (Å²) >= 11 is 0. The van der Waals surface area contributed by atoms with E-state index in [0.717, 1.165) is 5.69 Å². The largest absolute Gasteiger partial charge is 0.480 e. The van der Waals surface area contributed by atoms with E-state index in [1.807, 2.05) is 27.7 Å². The summed E-state index contributed by atoms with van der Waals surface area (Å²) in [6.45, 7) is 11.1. The molecule has 0 saturated heterocycles. The van der Waals surface area contributed by atoms with Crippen LogP contribution in [0.4, 0.5) is 0 Å². The maximum Gasteiger partial charge on any atom is 0.323 e. The Morgan fingerprint density at radius 3 is 2.30 bits per heavy atom. The first kappa shape index (κ1) is 16.2. The Morgan fingerprint density at radius 1 is 1.40 bits per heavy atom. The van der Waals surface area contributed by atoms with E-state index in [1.54, 1.807) is 18.5 Å². The van der Waals surface area contributed by atoms with Crippen molar-refractivity contribution >= 4 is 11.9 Å². The number of hydrogen-bond acceptors (Lipinski definition) is 3. The number of carboxylic acids is 1. The molecule has 0 spiro atoms. The molecule has 1 N–H and O–H groups in total. The molecule has 1 rings (SSSR count). The van der Waals surface area contributed by atoms with Gasteiger partial charge in [-0.1, -0.05) is 0 Å². The number of carbonyl (C=O) groups excluding carboxylic acids is 1. The third-order valence-corrected chi connectivity index (χ3v) is 3.07. The molecular weight excluding hydrogens is 258 g/mol. The molecule has 6 nitrogen and oxygen atoms in total. The van der Waals surface area contributed by atoms with Crippen molar-refractivity contribution in [3.8, 4) is 0 Å². The van der Waals surface area contributed by atoms with Crippen LogP contribution >= 0.6 is 0 Å². The number of carboxylic acid groups (broad SMARTS) is 1. The molecule has 1 aromatic rings. The zero-order valence-electron chi connectivity index (χ0n) is 13.0. The lowest BCUT2D eigenvalue weighted by molar-refractivity contribution is -0.138. The van der Waals surface area contributed by atoms with Gasteiger partial charge in [0.05, 0.1) is 17.3 Å². The zero-order chi connectivity index (χ0) is 15.7. The predicted molar refractivity (Wildman–Crippen MR) is 75.8 cm³/mol. The van der Waals surface area contributed by atoms with Crippen LogP contribution in [0, 0.1) is 6.92 Å². The van der Waals surface area contributed by atoms with E-state index in [0.29, 0.717) is 5.56 Å². The van der Waals surface area contributed by atoms with Gasteiger partial charge in [0, 0.05) is 11.7 Å². The number of hydrogen-bond donors (Lipinski definition) is 1. The molecule has 0 saturated carbocycles. The third kappa shape index (κ3) is 3.37. The second-order valence-corrected chi connectivity index (χ2v) is 6.15. The summed E-state index contributed by atoms with van der Waals surface area (Å²) in [5.41, 5.74) is 0.978. The minimum absolute atomic E-state index is 0.184. The van der Waals surface area contributed by atoms with Crippen LogP contribution in [0.25, 0.3) is 0 Å². The first-order valence-corrected chi connectivity index (χ1v) is 6.63. The summed E-state index contributed by atoms with van der Waals surface area (Å²) < 4.78 is 1.78. The lowest BCUT2D eigenvalue weighted by Gasteiger charge is -2.25. The SMILES string of the molecule is Cc1c(C(=O)N(CC(=O)O)C(C)C)cnn1C(C)(C)C. The van der Waals surface area contributed by atoms with Gasteiger partial charge < -0.3 is 10.0 Å². The van der Waals surface area contributed by atoms with Gasteiger partial charge in [-0.2, -0.15) is 5.10 Å².